The van der Waals surface area contributed by atoms with Crippen molar-refractivity contribution in [1.29, 1.82) is 0 Å². The summed E-state index contributed by atoms with van der Waals surface area (Å²) in [6.07, 6.45) is 0. The molecule has 0 saturated carbocycles. The second-order valence-corrected chi connectivity index (χ2v) is 19.3. The summed E-state index contributed by atoms with van der Waals surface area (Å²) in [4.78, 5) is 14.3. The third-order valence-corrected chi connectivity index (χ3v) is 12.2. The van der Waals surface area contributed by atoms with E-state index in [9.17, 15) is 4.79 Å². The molecule has 1 heterocycles. The van der Waals surface area contributed by atoms with Crippen molar-refractivity contribution < 1.29 is 0 Å². The lowest BCUT2D eigenvalue weighted by Gasteiger charge is -2.18. The molecule has 0 aliphatic heterocycles. The van der Waals surface area contributed by atoms with Gasteiger partial charge in [-0.1, -0.05) is 146 Å². The maximum Gasteiger partial charge on any atom is 0.338 e. The van der Waals surface area contributed by atoms with Crippen molar-refractivity contribution in [3.8, 4) is 33.6 Å². The topological polar surface area (TPSA) is 26.9 Å². The Hall–Kier alpha value is -5.97. The van der Waals surface area contributed by atoms with Crippen LogP contribution in [0.2, 0.25) is 19.6 Å². The van der Waals surface area contributed by atoms with E-state index in [2.05, 4.69) is 159 Å². The Morgan fingerprint density at radius 1 is 0.420 bits per heavy atom. The normalized spacial score (nSPS) is 12.0. The van der Waals surface area contributed by atoms with Gasteiger partial charge in [0.15, 0.2) is 0 Å². The highest BCUT2D eigenvalue weighted by molar-refractivity contribution is 6.88. The van der Waals surface area contributed by atoms with E-state index in [1.165, 1.54) is 54.2 Å². The average molecular weight is 661 g/mol. The first-order valence-electron chi connectivity index (χ1n) is 17.2. The zero-order chi connectivity index (χ0) is 34.0. The number of imidazole rings is 1. The molecule has 240 valence electrons. The minimum absolute atomic E-state index is 0.0738. The number of aromatic nitrogens is 2. The van der Waals surface area contributed by atoms with Gasteiger partial charge in [0.25, 0.3) is 0 Å². The molecule has 8 aromatic carbocycles. The predicted molar refractivity (Wildman–Crippen MR) is 215 cm³/mol. The number of nitrogens with zero attached hydrogens (tertiary/aromatic N) is 2. The minimum Gasteiger partial charge on any atom is -0.260 e. The molecule has 3 nitrogen and oxygen atoms in total. The van der Waals surface area contributed by atoms with E-state index in [-0.39, 0.29) is 5.69 Å². The Morgan fingerprint density at radius 2 is 0.840 bits per heavy atom. The highest BCUT2D eigenvalue weighted by Gasteiger charge is 2.20. The number of hydrogen-bond acceptors (Lipinski definition) is 1. The molecule has 0 spiro atoms. The van der Waals surface area contributed by atoms with Crippen LogP contribution in [0.25, 0.3) is 77.0 Å². The predicted octanol–water partition coefficient (Wildman–Crippen LogP) is 11.1. The highest BCUT2D eigenvalue weighted by atomic mass is 28.3. The van der Waals surface area contributed by atoms with Crippen LogP contribution in [0.1, 0.15) is 0 Å². The van der Waals surface area contributed by atoms with Crippen molar-refractivity contribution in [2.45, 2.75) is 19.6 Å². The lowest BCUT2D eigenvalue weighted by molar-refractivity contribution is 0.931. The molecule has 4 heteroatoms. The van der Waals surface area contributed by atoms with Gasteiger partial charge in [0.1, 0.15) is 0 Å². The number of fused-ring (bicyclic) bond motifs is 4. The standard InChI is InChI=1S/C46H36N2OSi/c1-50(2,3)37-28-26-36(27-29-37)48-43-19-11-10-18-42(43)47(46(48)49)35-24-22-32(23-25-35)44-38-14-6-8-16-40(38)45(41-17-9-7-15-39(41)44)34-21-20-31-12-4-5-13-33(31)30-34/h4-30H,1-3H3. The van der Waals surface area contributed by atoms with E-state index in [1.807, 2.05) is 33.4 Å². The van der Waals surface area contributed by atoms with Crippen molar-refractivity contribution in [2.24, 2.45) is 0 Å². The fourth-order valence-electron chi connectivity index (χ4n) is 7.63. The SMILES string of the molecule is C[Si](C)(C)c1ccc(-n2c(=O)n(-c3ccc(-c4c5ccccc5c(-c5ccc6ccccc6c5)c5ccccc45)cc3)c3ccccc32)cc1. The summed E-state index contributed by atoms with van der Waals surface area (Å²) in [6, 6.07) is 58.0. The van der Waals surface area contributed by atoms with E-state index in [4.69, 9.17) is 0 Å². The average Bonchev–Trinajstić information content (AvgIpc) is 3.44. The highest BCUT2D eigenvalue weighted by Crippen LogP contribution is 2.44. The summed E-state index contributed by atoms with van der Waals surface area (Å²) in [6.45, 7) is 7.03. The number of rotatable bonds is 5. The fraction of sp³-hybridized carbons (Fsp3) is 0.0652. The largest absolute Gasteiger partial charge is 0.338 e. The number of benzene rings is 8. The van der Waals surface area contributed by atoms with Crippen LogP contribution in [0, 0.1) is 0 Å². The van der Waals surface area contributed by atoms with Crippen molar-refractivity contribution in [2.75, 3.05) is 0 Å². The van der Waals surface area contributed by atoms with E-state index in [0.29, 0.717) is 0 Å². The van der Waals surface area contributed by atoms with Crippen LogP contribution in [-0.4, -0.2) is 17.2 Å². The molecule has 1 aromatic heterocycles. The molecular formula is C46H36N2OSi. The van der Waals surface area contributed by atoms with Gasteiger partial charge in [0, 0.05) is 0 Å². The zero-order valence-electron chi connectivity index (χ0n) is 28.4. The first kappa shape index (κ1) is 30.1. The summed E-state index contributed by atoms with van der Waals surface area (Å²) >= 11 is 0. The lowest BCUT2D eigenvalue weighted by Crippen LogP contribution is -2.37. The van der Waals surface area contributed by atoms with Crippen LogP contribution in [0.5, 0.6) is 0 Å². The fourth-order valence-corrected chi connectivity index (χ4v) is 8.80. The minimum atomic E-state index is -1.46. The molecular weight excluding hydrogens is 625 g/mol. The van der Waals surface area contributed by atoms with Gasteiger partial charge in [-0.25, -0.2) is 4.79 Å². The van der Waals surface area contributed by atoms with Crippen LogP contribution in [0.3, 0.4) is 0 Å². The second-order valence-electron chi connectivity index (χ2n) is 14.2. The van der Waals surface area contributed by atoms with Crippen molar-refractivity contribution in [3.63, 3.8) is 0 Å². The molecule has 0 radical (unpaired) electrons. The third-order valence-electron chi connectivity index (χ3n) is 10.1. The summed E-state index contributed by atoms with van der Waals surface area (Å²) in [7, 11) is -1.46. The zero-order valence-corrected chi connectivity index (χ0v) is 29.4. The van der Waals surface area contributed by atoms with Crippen molar-refractivity contribution >= 4 is 56.6 Å². The van der Waals surface area contributed by atoms with Crippen LogP contribution in [-0.2, 0) is 0 Å². The van der Waals surface area contributed by atoms with Crippen LogP contribution >= 0.6 is 0 Å². The molecule has 9 aromatic rings. The van der Waals surface area contributed by atoms with Gasteiger partial charge >= 0.3 is 5.69 Å². The van der Waals surface area contributed by atoms with Crippen LogP contribution in [0.15, 0.2) is 169 Å². The Balaban J connectivity index is 1.21. The van der Waals surface area contributed by atoms with Gasteiger partial charge in [0.05, 0.1) is 30.5 Å². The van der Waals surface area contributed by atoms with E-state index >= 15 is 0 Å². The lowest BCUT2D eigenvalue weighted by atomic mass is 9.85. The Labute approximate surface area is 292 Å². The third kappa shape index (κ3) is 4.83. The maximum atomic E-state index is 14.3. The van der Waals surface area contributed by atoms with Gasteiger partial charge in [0.2, 0.25) is 0 Å². The van der Waals surface area contributed by atoms with E-state index in [0.717, 1.165) is 28.0 Å². The first-order chi connectivity index (χ1) is 24.4. The van der Waals surface area contributed by atoms with Crippen LogP contribution in [0.4, 0.5) is 0 Å². The molecule has 0 aliphatic carbocycles. The number of para-hydroxylation sites is 2. The Kier molecular flexibility index (Phi) is 6.97. The molecule has 0 atom stereocenters. The monoisotopic (exact) mass is 660 g/mol. The summed E-state index contributed by atoms with van der Waals surface area (Å²) in [5, 5.41) is 8.70. The molecule has 0 N–H and O–H groups in total. The molecule has 0 amide bonds. The number of hydrogen-bond donors (Lipinski definition) is 0. The van der Waals surface area contributed by atoms with Gasteiger partial charge in [-0.3, -0.25) is 9.13 Å². The smallest absolute Gasteiger partial charge is 0.260 e. The van der Waals surface area contributed by atoms with Crippen molar-refractivity contribution in [3.05, 3.63) is 174 Å². The van der Waals surface area contributed by atoms with Gasteiger partial charge in [-0.2, -0.15) is 0 Å². The summed E-state index contributed by atoms with van der Waals surface area (Å²) in [5.74, 6) is 0. The molecule has 0 aliphatic rings. The summed E-state index contributed by atoms with van der Waals surface area (Å²) < 4.78 is 3.67. The van der Waals surface area contributed by atoms with Gasteiger partial charge in [-0.15, -0.1) is 0 Å². The van der Waals surface area contributed by atoms with Crippen LogP contribution < -0.4 is 10.9 Å². The molecule has 0 fully saturated rings. The quantitative estimate of drug-likeness (QED) is 0.133. The van der Waals surface area contributed by atoms with E-state index in [1.54, 1.807) is 0 Å². The summed E-state index contributed by atoms with van der Waals surface area (Å²) in [5.41, 5.74) is 8.20. The molecule has 0 unspecified atom stereocenters. The molecule has 50 heavy (non-hydrogen) atoms. The Morgan fingerprint density at radius 3 is 1.36 bits per heavy atom. The molecule has 0 saturated heterocycles. The first-order valence-corrected chi connectivity index (χ1v) is 20.7. The van der Waals surface area contributed by atoms with Crippen molar-refractivity contribution in [1.82, 2.24) is 9.13 Å². The van der Waals surface area contributed by atoms with Gasteiger partial charge < -0.3 is 0 Å². The maximum absolute atomic E-state index is 14.3. The Bertz CT molecular complexity index is 2740. The van der Waals surface area contributed by atoms with Gasteiger partial charge in [-0.05, 0) is 97.0 Å². The molecule has 0 bridgehead atoms. The second kappa shape index (κ2) is 11.6. The molecule has 9 rings (SSSR count). The van der Waals surface area contributed by atoms with E-state index < -0.39 is 8.07 Å².